The van der Waals surface area contributed by atoms with E-state index in [0.29, 0.717) is 6.54 Å². The number of hydrogen-bond acceptors (Lipinski definition) is 5. The van der Waals surface area contributed by atoms with E-state index < -0.39 is 0 Å². The molecular formula is C20H28N6OS. The quantitative estimate of drug-likeness (QED) is 0.509. The summed E-state index contributed by atoms with van der Waals surface area (Å²) in [7, 11) is 1.77. The molecule has 0 saturated carbocycles. The molecule has 1 saturated heterocycles. The number of nitrogens with one attached hydrogen (secondary N) is 2. The fraction of sp³-hybridized carbons (Fsp3) is 0.450. The van der Waals surface area contributed by atoms with Crippen LogP contribution in [0.15, 0.2) is 34.8 Å². The second kappa shape index (κ2) is 9.54. The first-order chi connectivity index (χ1) is 13.6. The number of pyridine rings is 1. The zero-order valence-electron chi connectivity index (χ0n) is 16.4. The molecule has 0 spiro atoms. The molecule has 0 atom stereocenters. The molecular weight excluding hydrogens is 372 g/mol. The standard InChI is InChI=1S/C20H28N6OS/c1-14-7-11-28-17(14)13-25-20(22-2)24-12-16-4-3-8-23-19(16)26-9-5-15(6-10-26)18(21)27/h3-4,7-8,11,15H,5-6,9-10,12-13H2,1-2H3,(H2,21,27)(H2,22,24,25). The van der Waals surface area contributed by atoms with Crippen LogP contribution in [-0.2, 0) is 17.9 Å². The molecule has 4 N–H and O–H groups in total. The van der Waals surface area contributed by atoms with Gasteiger partial charge in [-0.25, -0.2) is 4.98 Å². The zero-order valence-corrected chi connectivity index (χ0v) is 17.3. The fourth-order valence-corrected chi connectivity index (χ4v) is 4.22. The average Bonchev–Trinajstić information content (AvgIpc) is 3.13. The number of hydrogen-bond donors (Lipinski definition) is 3. The normalized spacial score (nSPS) is 15.5. The van der Waals surface area contributed by atoms with Crippen molar-refractivity contribution in [2.24, 2.45) is 16.6 Å². The summed E-state index contributed by atoms with van der Waals surface area (Å²) >= 11 is 1.75. The lowest BCUT2D eigenvalue weighted by molar-refractivity contribution is -0.122. The highest BCUT2D eigenvalue weighted by atomic mass is 32.1. The maximum Gasteiger partial charge on any atom is 0.220 e. The van der Waals surface area contributed by atoms with Gasteiger partial charge in [0, 0.05) is 49.2 Å². The largest absolute Gasteiger partial charge is 0.369 e. The van der Waals surface area contributed by atoms with Gasteiger partial charge in [-0.15, -0.1) is 11.3 Å². The van der Waals surface area contributed by atoms with Gasteiger partial charge < -0.3 is 21.3 Å². The van der Waals surface area contributed by atoms with Crippen molar-refractivity contribution in [1.82, 2.24) is 15.6 Å². The van der Waals surface area contributed by atoms with Crippen molar-refractivity contribution in [3.05, 3.63) is 45.8 Å². The molecule has 0 bridgehead atoms. The number of nitrogens with zero attached hydrogens (tertiary/aromatic N) is 3. The van der Waals surface area contributed by atoms with Crippen LogP contribution in [0.5, 0.6) is 0 Å². The number of guanidine groups is 1. The van der Waals surface area contributed by atoms with Crippen molar-refractivity contribution in [1.29, 1.82) is 0 Å². The Labute approximate surface area is 170 Å². The van der Waals surface area contributed by atoms with E-state index in [1.165, 1.54) is 10.4 Å². The second-order valence-electron chi connectivity index (χ2n) is 6.96. The summed E-state index contributed by atoms with van der Waals surface area (Å²) in [5.41, 5.74) is 7.85. The van der Waals surface area contributed by atoms with Crippen molar-refractivity contribution < 1.29 is 4.79 Å². The highest BCUT2D eigenvalue weighted by Crippen LogP contribution is 2.24. The first-order valence-corrected chi connectivity index (χ1v) is 10.4. The van der Waals surface area contributed by atoms with E-state index in [1.54, 1.807) is 18.4 Å². The molecule has 0 radical (unpaired) electrons. The van der Waals surface area contributed by atoms with Crippen LogP contribution in [0.3, 0.4) is 0 Å². The van der Waals surface area contributed by atoms with Gasteiger partial charge in [-0.2, -0.15) is 0 Å². The monoisotopic (exact) mass is 400 g/mol. The van der Waals surface area contributed by atoms with Crippen LogP contribution in [0.4, 0.5) is 5.82 Å². The van der Waals surface area contributed by atoms with Gasteiger partial charge in [0.15, 0.2) is 5.96 Å². The smallest absolute Gasteiger partial charge is 0.220 e. The molecule has 3 rings (SSSR count). The molecule has 7 nitrogen and oxygen atoms in total. The average molecular weight is 401 g/mol. The Balaban J connectivity index is 1.58. The van der Waals surface area contributed by atoms with Crippen LogP contribution in [0.2, 0.25) is 0 Å². The SMILES string of the molecule is CN=C(NCc1cccnc1N1CCC(C(N)=O)CC1)NCc1sccc1C. The van der Waals surface area contributed by atoms with E-state index in [2.05, 4.69) is 49.9 Å². The zero-order chi connectivity index (χ0) is 19.9. The van der Waals surface area contributed by atoms with Gasteiger partial charge in [0.05, 0.1) is 6.54 Å². The summed E-state index contributed by atoms with van der Waals surface area (Å²) in [6.45, 7) is 5.09. The van der Waals surface area contributed by atoms with Crippen LogP contribution in [-0.4, -0.2) is 37.0 Å². The predicted molar refractivity (Wildman–Crippen MR) is 114 cm³/mol. The molecule has 28 heavy (non-hydrogen) atoms. The molecule has 1 aliphatic rings. The van der Waals surface area contributed by atoms with Crippen LogP contribution in [0.1, 0.15) is 28.8 Å². The topological polar surface area (TPSA) is 95.6 Å². The number of anilines is 1. The maximum atomic E-state index is 11.4. The Morgan fingerprint density at radius 1 is 1.32 bits per heavy atom. The Hall–Kier alpha value is -2.61. The number of aliphatic imine (C=N–C) groups is 1. The molecule has 1 aliphatic heterocycles. The summed E-state index contributed by atoms with van der Waals surface area (Å²) < 4.78 is 0. The number of amides is 1. The lowest BCUT2D eigenvalue weighted by Crippen LogP contribution is -2.40. The van der Waals surface area contributed by atoms with Gasteiger partial charge in [-0.3, -0.25) is 9.79 Å². The van der Waals surface area contributed by atoms with Crippen LogP contribution < -0.4 is 21.3 Å². The Kier molecular flexibility index (Phi) is 6.86. The van der Waals surface area contributed by atoms with Crippen molar-refractivity contribution in [2.45, 2.75) is 32.9 Å². The van der Waals surface area contributed by atoms with Gasteiger partial charge in [-0.05, 0) is 42.8 Å². The summed E-state index contributed by atoms with van der Waals surface area (Å²) in [6.07, 6.45) is 3.37. The third-order valence-electron chi connectivity index (χ3n) is 5.12. The van der Waals surface area contributed by atoms with Crippen molar-refractivity contribution in [2.75, 3.05) is 25.0 Å². The third-order valence-corrected chi connectivity index (χ3v) is 6.14. The van der Waals surface area contributed by atoms with E-state index in [-0.39, 0.29) is 11.8 Å². The number of primary amides is 1. The minimum atomic E-state index is -0.196. The van der Waals surface area contributed by atoms with E-state index in [4.69, 9.17) is 5.73 Å². The van der Waals surface area contributed by atoms with Gasteiger partial charge in [0.25, 0.3) is 0 Å². The number of aryl methyl sites for hydroxylation is 1. The van der Waals surface area contributed by atoms with Gasteiger partial charge in [-0.1, -0.05) is 6.07 Å². The Morgan fingerprint density at radius 2 is 2.07 bits per heavy atom. The molecule has 150 valence electrons. The molecule has 0 aromatic carbocycles. The number of nitrogens with two attached hydrogens (primary N) is 1. The van der Waals surface area contributed by atoms with Gasteiger partial charge in [0.1, 0.15) is 5.82 Å². The highest BCUT2D eigenvalue weighted by Gasteiger charge is 2.24. The van der Waals surface area contributed by atoms with E-state index >= 15 is 0 Å². The Bertz CT molecular complexity index is 826. The number of aromatic nitrogens is 1. The van der Waals surface area contributed by atoms with Crippen molar-refractivity contribution in [3.8, 4) is 0 Å². The first kappa shape index (κ1) is 20.1. The summed E-state index contributed by atoms with van der Waals surface area (Å²) in [5, 5.41) is 8.84. The Morgan fingerprint density at radius 3 is 2.71 bits per heavy atom. The van der Waals surface area contributed by atoms with Crippen LogP contribution in [0, 0.1) is 12.8 Å². The minimum absolute atomic E-state index is 0.0229. The van der Waals surface area contributed by atoms with E-state index in [1.807, 2.05) is 12.3 Å². The van der Waals surface area contributed by atoms with Gasteiger partial charge in [0.2, 0.25) is 5.91 Å². The van der Waals surface area contributed by atoms with Gasteiger partial charge >= 0.3 is 0 Å². The number of carbonyl (C=O) groups excluding carboxylic acids is 1. The predicted octanol–water partition coefficient (Wildman–Crippen LogP) is 2.02. The highest BCUT2D eigenvalue weighted by molar-refractivity contribution is 7.10. The molecule has 2 aromatic heterocycles. The number of thiophene rings is 1. The van der Waals surface area contributed by atoms with Crippen molar-refractivity contribution >= 4 is 29.0 Å². The molecule has 0 unspecified atom stereocenters. The van der Waals surface area contributed by atoms with Crippen molar-refractivity contribution in [3.63, 3.8) is 0 Å². The summed E-state index contributed by atoms with van der Waals surface area (Å²) in [6, 6.07) is 6.15. The van der Waals surface area contributed by atoms with Crippen LogP contribution >= 0.6 is 11.3 Å². The molecule has 3 heterocycles. The number of carbonyl (C=O) groups is 1. The molecule has 2 aromatic rings. The minimum Gasteiger partial charge on any atom is -0.369 e. The second-order valence-corrected chi connectivity index (χ2v) is 7.96. The summed E-state index contributed by atoms with van der Waals surface area (Å²) in [5.74, 6) is 1.50. The number of piperidine rings is 1. The molecule has 8 heteroatoms. The fourth-order valence-electron chi connectivity index (χ4n) is 3.38. The first-order valence-electron chi connectivity index (χ1n) is 9.54. The molecule has 0 aliphatic carbocycles. The van der Waals surface area contributed by atoms with E-state index in [9.17, 15) is 4.79 Å². The third kappa shape index (κ3) is 5.01. The number of rotatable bonds is 6. The molecule has 1 amide bonds. The van der Waals surface area contributed by atoms with Crippen LogP contribution in [0.25, 0.3) is 0 Å². The lowest BCUT2D eigenvalue weighted by atomic mass is 9.96. The summed E-state index contributed by atoms with van der Waals surface area (Å²) in [4.78, 5) is 23.8. The maximum absolute atomic E-state index is 11.4. The molecule has 1 fully saturated rings. The lowest BCUT2D eigenvalue weighted by Gasteiger charge is -2.32. The van der Waals surface area contributed by atoms with E-state index in [0.717, 1.165) is 49.8 Å².